The molecule has 0 heterocycles. The van der Waals surface area contributed by atoms with Gasteiger partial charge in [-0.15, -0.1) is 0 Å². The van der Waals surface area contributed by atoms with Crippen molar-refractivity contribution in [1.82, 2.24) is 5.43 Å². The summed E-state index contributed by atoms with van der Waals surface area (Å²) < 4.78 is 5.05. The van der Waals surface area contributed by atoms with Crippen molar-refractivity contribution in [2.45, 2.75) is 13.8 Å². The molecule has 0 spiro atoms. The molecule has 0 aromatic heterocycles. The van der Waals surface area contributed by atoms with Crippen LogP contribution in [0.25, 0.3) is 0 Å². The molecule has 4 heteroatoms. The molecule has 0 saturated carbocycles. The third kappa shape index (κ3) is 3.92. The van der Waals surface area contributed by atoms with Crippen molar-refractivity contribution in [3.05, 3.63) is 64.7 Å². The predicted octanol–water partition coefficient (Wildman–Crippen LogP) is 3.08. The highest BCUT2D eigenvalue weighted by Crippen LogP contribution is 2.11. The average Bonchev–Trinajstić information content (AvgIpc) is 2.50. The lowest BCUT2D eigenvalue weighted by atomic mass is 10.1. The van der Waals surface area contributed by atoms with E-state index in [1.54, 1.807) is 37.6 Å². The normalized spacial score (nSPS) is 10.6. The Morgan fingerprint density at radius 3 is 2.52 bits per heavy atom. The molecule has 0 radical (unpaired) electrons. The number of hydrazone groups is 1. The SMILES string of the molecule is COc1ccc(C(=O)N/N=C\c2cc(C)ccc2C)cc1. The Balaban J connectivity index is 2.02. The van der Waals surface area contributed by atoms with Crippen molar-refractivity contribution in [3.63, 3.8) is 0 Å². The number of aryl methyl sites for hydroxylation is 2. The summed E-state index contributed by atoms with van der Waals surface area (Å²) in [5.41, 5.74) is 6.32. The third-order valence-corrected chi connectivity index (χ3v) is 3.16. The smallest absolute Gasteiger partial charge is 0.271 e. The summed E-state index contributed by atoms with van der Waals surface area (Å²) in [6.07, 6.45) is 1.66. The Labute approximate surface area is 124 Å². The lowest BCUT2D eigenvalue weighted by Gasteiger charge is -2.03. The average molecular weight is 282 g/mol. The second-order valence-electron chi connectivity index (χ2n) is 4.79. The van der Waals surface area contributed by atoms with Crippen LogP contribution in [-0.2, 0) is 0 Å². The van der Waals surface area contributed by atoms with Gasteiger partial charge < -0.3 is 4.74 Å². The second kappa shape index (κ2) is 6.70. The standard InChI is InChI=1S/C17H18N2O2/c1-12-4-5-13(2)15(10-12)11-18-19-17(20)14-6-8-16(21-3)9-7-14/h4-11H,1-3H3,(H,19,20)/b18-11-. The Morgan fingerprint density at radius 2 is 1.86 bits per heavy atom. The van der Waals surface area contributed by atoms with E-state index in [0.717, 1.165) is 16.7 Å². The van der Waals surface area contributed by atoms with Crippen molar-refractivity contribution in [2.24, 2.45) is 5.10 Å². The number of nitrogens with one attached hydrogen (secondary N) is 1. The van der Waals surface area contributed by atoms with Crippen LogP contribution in [0.15, 0.2) is 47.6 Å². The van der Waals surface area contributed by atoms with E-state index >= 15 is 0 Å². The molecule has 1 N–H and O–H groups in total. The molecule has 0 bridgehead atoms. The number of carbonyl (C=O) groups is 1. The molecule has 21 heavy (non-hydrogen) atoms. The van der Waals surface area contributed by atoms with Crippen LogP contribution in [-0.4, -0.2) is 19.2 Å². The lowest BCUT2D eigenvalue weighted by Crippen LogP contribution is -2.17. The summed E-state index contributed by atoms with van der Waals surface area (Å²) in [6.45, 7) is 4.03. The number of hydrogen-bond acceptors (Lipinski definition) is 3. The highest BCUT2D eigenvalue weighted by Gasteiger charge is 2.04. The largest absolute Gasteiger partial charge is 0.497 e. The van der Waals surface area contributed by atoms with Crippen molar-refractivity contribution in [3.8, 4) is 5.75 Å². The maximum absolute atomic E-state index is 11.9. The Kier molecular flexibility index (Phi) is 4.72. The van der Waals surface area contributed by atoms with Crippen LogP contribution in [0, 0.1) is 13.8 Å². The molecule has 0 saturated heterocycles. The molecule has 0 unspecified atom stereocenters. The third-order valence-electron chi connectivity index (χ3n) is 3.16. The van der Waals surface area contributed by atoms with Gasteiger partial charge >= 0.3 is 0 Å². The van der Waals surface area contributed by atoms with Gasteiger partial charge in [0.2, 0.25) is 0 Å². The topological polar surface area (TPSA) is 50.7 Å². The van der Waals surface area contributed by atoms with Gasteiger partial charge in [-0.25, -0.2) is 5.43 Å². The molecule has 0 aliphatic heterocycles. The van der Waals surface area contributed by atoms with Crippen molar-refractivity contribution < 1.29 is 9.53 Å². The minimum Gasteiger partial charge on any atom is -0.497 e. The first-order valence-electron chi connectivity index (χ1n) is 6.65. The maximum atomic E-state index is 11.9. The van der Waals surface area contributed by atoms with E-state index in [1.165, 1.54) is 0 Å². The second-order valence-corrected chi connectivity index (χ2v) is 4.79. The fourth-order valence-electron chi connectivity index (χ4n) is 1.87. The van der Waals surface area contributed by atoms with E-state index < -0.39 is 0 Å². The molecule has 2 aromatic rings. The van der Waals surface area contributed by atoms with E-state index in [1.807, 2.05) is 32.0 Å². The zero-order valence-corrected chi connectivity index (χ0v) is 12.4. The summed E-state index contributed by atoms with van der Waals surface area (Å²) in [6, 6.07) is 13.0. The zero-order chi connectivity index (χ0) is 15.2. The molecular formula is C17H18N2O2. The van der Waals surface area contributed by atoms with Crippen molar-refractivity contribution >= 4 is 12.1 Å². The summed E-state index contributed by atoms with van der Waals surface area (Å²) in [5.74, 6) is 0.463. The Bertz CT molecular complexity index is 661. The van der Waals surface area contributed by atoms with Crippen LogP contribution in [0.1, 0.15) is 27.0 Å². The first-order valence-corrected chi connectivity index (χ1v) is 6.65. The van der Waals surface area contributed by atoms with Crippen LogP contribution >= 0.6 is 0 Å². The molecule has 0 fully saturated rings. The first kappa shape index (κ1) is 14.8. The number of ether oxygens (including phenoxy) is 1. The summed E-state index contributed by atoms with van der Waals surface area (Å²) in [4.78, 5) is 11.9. The van der Waals surface area contributed by atoms with E-state index in [-0.39, 0.29) is 5.91 Å². The van der Waals surface area contributed by atoms with Crippen molar-refractivity contribution in [1.29, 1.82) is 0 Å². The molecular weight excluding hydrogens is 264 g/mol. The highest BCUT2D eigenvalue weighted by atomic mass is 16.5. The van der Waals surface area contributed by atoms with Gasteiger partial charge in [0.15, 0.2) is 0 Å². The fraction of sp³-hybridized carbons (Fsp3) is 0.176. The van der Waals surface area contributed by atoms with Crippen LogP contribution in [0.4, 0.5) is 0 Å². The molecule has 0 aliphatic rings. The predicted molar refractivity (Wildman–Crippen MR) is 84.0 cm³/mol. The van der Waals surface area contributed by atoms with Crippen LogP contribution in [0.3, 0.4) is 0 Å². The van der Waals surface area contributed by atoms with E-state index in [2.05, 4.69) is 10.5 Å². The molecule has 0 aliphatic carbocycles. The number of hydrogen-bond donors (Lipinski definition) is 1. The molecule has 1 amide bonds. The van der Waals surface area contributed by atoms with Crippen LogP contribution in [0.2, 0.25) is 0 Å². The Hall–Kier alpha value is -2.62. The highest BCUT2D eigenvalue weighted by molar-refractivity contribution is 5.95. The minimum atomic E-state index is -0.251. The van der Waals surface area contributed by atoms with E-state index in [0.29, 0.717) is 11.3 Å². The number of carbonyl (C=O) groups excluding carboxylic acids is 1. The van der Waals surface area contributed by atoms with Gasteiger partial charge in [-0.1, -0.05) is 23.8 Å². The maximum Gasteiger partial charge on any atom is 0.271 e. The fourth-order valence-corrected chi connectivity index (χ4v) is 1.87. The number of amides is 1. The summed E-state index contributed by atoms with van der Waals surface area (Å²) >= 11 is 0. The van der Waals surface area contributed by atoms with Gasteiger partial charge in [0.05, 0.1) is 13.3 Å². The van der Waals surface area contributed by atoms with Gasteiger partial charge in [-0.3, -0.25) is 4.79 Å². The quantitative estimate of drug-likeness (QED) is 0.692. The van der Waals surface area contributed by atoms with Crippen LogP contribution < -0.4 is 10.2 Å². The lowest BCUT2D eigenvalue weighted by molar-refractivity contribution is 0.0955. The van der Waals surface area contributed by atoms with E-state index in [9.17, 15) is 4.79 Å². The number of benzene rings is 2. The number of rotatable bonds is 4. The minimum absolute atomic E-state index is 0.251. The zero-order valence-electron chi connectivity index (χ0n) is 12.4. The summed E-state index contributed by atoms with van der Waals surface area (Å²) in [7, 11) is 1.59. The van der Waals surface area contributed by atoms with E-state index in [4.69, 9.17) is 4.74 Å². The first-order chi connectivity index (χ1) is 10.1. The van der Waals surface area contributed by atoms with Gasteiger partial charge in [0, 0.05) is 5.56 Å². The van der Waals surface area contributed by atoms with Gasteiger partial charge in [-0.05, 0) is 49.2 Å². The van der Waals surface area contributed by atoms with Gasteiger partial charge in [-0.2, -0.15) is 5.10 Å². The summed E-state index contributed by atoms with van der Waals surface area (Å²) in [5, 5.41) is 4.01. The molecule has 2 aromatic carbocycles. The van der Waals surface area contributed by atoms with Crippen molar-refractivity contribution in [2.75, 3.05) is 7.11 Å². The molecule has 4 nitrogen and oxygen atoms in total. The van der Waals surface area contributed by atoms with Crippen LogP contribution in [0.5, 0.6) is 5.75 Å². The number of methoxy groups -OCH3 is 1. The molecule has 0 atom stereocenters. The van der Waals surface area contributed by atoms with Gasteiger partial charge in [0.25, 0.3) is 5.91 Å². The Morgan fingerprint density at radius 1 is 1.14 bits per heavy atom. The molecule has 2 rings (SSSR count). The van der Waals surface area contributed by atoms with Gasteiger partial charge in [0.1, 0.15) is 5.75 Å². The number of nitrogens with zero attached hydrogens (tertiary/aromatic N) is 1. The monoisotopic (exact) mass is 282 g/mol. The molecule has 108 valence electrons.